The van der Waals surface area contributed by atoms with Crippen molar-refractivity contribution in [1.29, 1.82) is 0 Å². The van der Waals surface area contributed by atoms with Crippen molar-refractivity contribution in [2.75, 3.05) is 32.8 Å². The summed E-state index contributed by atoms with van der Waals surface area (Å²) in [6.45, 7) is 5.09. The lowest BCUT2D eigenvalue weighted by Gasteiger charge is -2.35. The van der Waals surface area contributed by atoms with Crippen molar-refractivity contribution in [2.45, 2.75) is 13.0 Å². The molecule has 0 unspecified atom stereocenters. The van der Waals surface area contributed by atoms with Crippen molar-refractivity contribution in [3.63, 3.8) is 0 Å². The minimum Gasteiger partial charge on any atom is -0.493 e. The standard InChI is InChI=1S/C24H24N2O2/c27-24(22-7-3-5-19-4-1-2-6-21(19)22)26-13-11-25(12-14-26)17-18-8-9-23-20(16-18)10-15-28-23/h1-9,16H,10-15,17H2. The summed E-state index contributed by atoms with van der Waals surface area (Å²) in [5.74, 6) is 1.18. The molecule has 0 N–H and O–H groups in total. The van der Waals surface area contributed by atoms with Gasteiger partial charge in [0.2, 0.25) is 0 Å². The maximum Gasteiger partial charge on any atom is 0.254 e. The number of hydrogen-bond donors (Lipinski definition) is 0. The molecule has 2 heterocycles. The molecule has 0 aliphatic carbocycles. The number of fused-ring (bicyclic) bond motifs is 2. The van der Waals surface area contributed by atoms with E-state index in [2.05, 4.69) is 35.2 Å². The molecule has 5 rings (SSSR count). The number of hydrogen-bond acceptors (Lipinski definition) is 3. The fraction of sp³-hybridized carbons (Fsp3) is 0.292. The van der Waals surface area contributed by atoms with Gasteiger partial charge in [0.05, 0.1) is 6.61 Å². The third-order valence-corrected chi connectivity index (χ3v) is 5.84. The number of piperazine rings is 1. The number of amides is 1. The number of ether oxygens (including phenoxy) is 1. The minimum atomic E-state index is 0.145. The Kier molecular flexibility index (Phi) is 4.49. The second kappa shape index (κ2) is 7.28. The molecule has 0 bridgehead atoms. The molecule has 1 saturated heterocycles. The topological polar surface area (TPSA) is 32.8 Å². The Hall–Kier alpha value is -2.85. The molecule has 1 fully saturated rings. The highest BCUT2D eigenvalue weighted by Gasteiger charge is 2.23. The van der Waals surface area contributed by atoms with Gasteiger partial charge in [-0.3, -0.25) is 9.69 Å². The summed E-state index contributed by atoms with van der Waals surface area (Å²) >= 11 is 0. The van der Waals surface area contributed by atoms with Gasteiger partial charge < -0.3 is 9.64 Å². The normalized spacial score (nSPS) is 16.8. The third-order valence-electron chi connectivity index (χ3n) is 5.84. The van der Waals surface area contributed by atoms with Gasteiger partial charge in [-0.1, -0.05) is 48.5 Å². The van der Waals surface area contributed by atoms with Gasteiger partial charge in [-0.2, -0.15) is 0 Å². The zero-order chi connectivity index (χ0) is 18.9. The van der Waals surface area contributed by atoms with Crippen LogP contribution in [0.1, 0.15) is 21.5 Å². The van der Waals surface area contributed by atoms with Crippen LogP contribution < -0.4 is 4.74 Å². The molecule has 0 aromatic heterocycles. The molecule has 3 aromatic rings. The van der Waals surface area contributed by atoms with E-state index in [0.29, 0.717) is 0 Å². The molecule has 0 atom stereocenters. The zero-order valence-electron chi connectivity index (χ0n) is 15.9. The van der Waals surface area contributed by atoms with E-state index in [-0.39, 0.29) is 5.91 Å². The predicted molar refractivity (Wildman–Crippen MR) is 111 cm³/mol. The molecule has 0 saturated carbocycles. The van der Waals surface area contributed by atoms with Crippen molar-refractivity contribution in [2.24, 2.45) is 0 Å². The molecular weight excluding hydrogens is 348 g/mol. The molecule has 2 aliphatic rings. The van der Waals surface area contributed by atoms with E-state index in [4.69, 9.17) is 4.74 Å². The van der Waals surface area contributed by atoms with E-state index in [1.54, 1.807) is 0 Å². The fourth-order valence-electron chi connectivity index (χ4n) is 4.29. The highest BCUT2D eigenvalue weighted by Crippen LogP contribution is 2.26. The molecule has 0 radical (unpaired) electrons. The van der Waals surface area contributed by atoms with Gasteiger partial charge in [0.1, 0.15) is 5.75 Å². The molecule has 3 aromatic carbocycles. The van der Waals surface area contributed by atoms with Crippen molar-refractivity contribution in [1.82, 2.24) is 9.80 Å². The Bertz CT molecular complexity index is 1020. The van der Waals surface area contributed by atoms with E-state index in [1.807, 2.05) is 35.2 Å². The highest BCUT2D eigenvalue weighted by atomic mass is 16.5. The molecule has 2 aliphatic heterocycles. The second-order valence-electron chi connectivity index (χ2n) is 7.64. The van der Waals surface area contributed by atoms with Crippen LogP contribution in [-0.2, 0) is 13.0 Å². The SMILES string of the molecule is O=C(c1cccc2ccccc12)N1CCN(Cc2ccc3c(c2)CCO3)CC1. The number of carbonyl (C=O) groups is 1. The molecular formula is C24H24N2O2. The maximum atomic E-state index is 13.1. The minimum absolute atomic E-state index is 0.145. The smallest absolute Gasteiger partial charge is 0.254 e. The van der Waals surface area contributed by atoms with Gasteiger partial charge in [-0.25, -0.2) is 0 Å². The lowest BCUT2D eigenvalue weighted by Crippen LogP contribution is -2.48. The average molecular weight is 372 g/mol. The van der Waals surface area contributed by atoms with Gasteiger partial charge in [0, 0.05) is 44.7 Å². The Morgan fingerprint density at radius 2 is 1.75 bits per heavy atom. The summed E-state index contributed by atoms with van der Waals surface area (Å²) in [6, 6.07) is 20.6. The van der Waals surface area contributed by atoms with Crippen LogP contribution in [-0.4, -0.2) is 48.5 Å². The number of nitrogens with zero attached hydrogens (tertiary/aromatic N) is 2. The van der Waals surface area contributed by atoms with Crippen LogP contribution in [0.3, 0.4) is 0 Å². The number of benzene rings is 3. The van der Waals surface area contributed by atoms with Crippen molar-refractivity contribution in [3.05, 3.63) is 77.4 Å². The first-order valence-corrected chi connectivity index (χ1v) is 10.0. The first-order valence-electron chi connectivity index (χ1n) is 10.0. The molecule has 0 spiro atoms. The highest BCUT2D eigenvalue weighted by molar-refractivity contribution is 6.07. The lowest BCUT2D eigenvalue weighted by atomic mass is 10.0. The van der Waals surface area contributed by atoms with Crippen LogP contribution in [0.4, 0.5) is 0 Å². The summed E-state index contributed by atoms with van der Waals surface area (Å²) < 4.78 is 5.60. The predicted octanol–water partition coefficient (Wildman–Crippen LogP) is 3.73. The maximum absolute atomic E-state index is 13.1. The lowest BCUT2D eigenvalue weighted by molar-refractivity contribution is 0.0630. The van der Waals surface area contributed by atoms with Gasteiger partial charge >= 0.3 is 0 Å². The summed E-state index contributed by atoms with van der Waals surface area (Å²) in [5, 5.41) is 2.16. The first kappa shape index (κ1) is 17.3. The van der Waals surface area contributed by atoms with Crippen LogP contribution in [0.15, 0.2) is 60.7 Å². The average Bonchev–Trinajstić information content (AvgIpc) is 3.21. The summed E-state index contributed by atoms with van der Waals surface area (Å²) in [5.41, 5.74) is 3.46. The third kappa shape index (κ3) is 3.25. The van der Waals surface area contributed by atoms with Gasteiger partial charge in [0.15, 0.2) is 0 Å². The van der Waals surface area contributed by atoms with E-state index in [0.717, 1.165) is 67.8 Å². The van der Waals surface area contributed by atoms with Crippen molar-refractivity contribution in [3.8, 4) is 5.75 Å². The molecule has 142 valence electrons. The monoisotopic (exact) mass is 372 g/mol. The van der Waals surface area contributed by atoms with Gasteiger partial charge in [-0.15, -0.1) is 0 Å². The van der Waals surface area contributed by atoms with E-state index in [1.165, 1.54) is 11.1 Å². The van der Waals surface area contributed by atoms with Crippen LogP contribution in [0.2, 0.25) is 0 Å². The molecule has 1 amide bonds. The largest absolute Gasteiger partial charge is 0.493 e. The first-order chi connectivity index (χ1) is 13.8. The summed E-state index contributed by atoms with van der Waals surface area (Å²) in [4.78, 5) is 17.5. The van der Waals surface area contributed by atoms with E-state index >= 15 is 0 Å². The molecule has 4 nitrogen and oxygen atoms in total. The number of rotatable bonds is 3. The Morgan fingerprint density at radius 1 is 0.929 bits per heavy atom. The Morgan fingerprint density at radius 3 is 2.64 bits per heavy atom. The van der Waals surface area contributed by atoms with Crippen molar-refractivity contribution < 1.29 is 9.53 Å². The molecule has 4 heteroatoms. The van der Waals surface area contributed by atoms with E-state index < -0.39 is 0 Å². The fourth-order valence-corrected chi connectivity index (χ4v) is 4.29. The Balaban J connectivity index is 1.25. The quantitative estimate of drug-likeness (QED) is 0.702. The van der Waals surface area contributed by atoms with Crippen LogP contribution in [0.25, 0.3) is 10.8 Å². The van der Waals surface area contributed by atoms with Crippen molar-refractivity contribution >= 4 is 16.7 Å². The van der Waals surface area contributed by atoms with Crippen LogP contribution in [0.5, 0.6) is 5.75 Å². The second-order valence-corrected chi connectivity index (χ2v) is 7.64. The van der Waals surface area contributed by atoms with E-state index in [9.17, 15) is 4.79 Å². The summed E-state index contributed by atoms with van der Waals surface area (Å²) in [7, 11) is 0. The molecule has 28 heavy (non-hydrogen) atoms. The summed E-state index contributed by atoms with van der Waals surface area (Å²) in [6.07, 6.45) is 1.01. The van der Waals surface area contributed by atoms with Crippen LogP contribution >= 0.6 is 0 Å². The van der Waals surface area contributed by atoms with Gasteiger partial charge in [0.25, 0.3) is 5.91 Å². The zero-order valence-corrected chi connectivity index (χ0v) is 15.9. The number of carbonyl (C=O) groups excluding carboxylic acids is 1. The van der Waals surface area contributed by atoms with Gasteiger partial charge in [-0.05, 0) is 34.0 Å². The Labute approximate surface area is 165 Å². The van der Waals surface area contributed by atoms with Crippen LogP contribution in [0, 0.1) is 0 Å².